The lowest BCUT2D eigenvalue weighted by molar-refractivity contribution is -0.120. The van der Waals surface area contributed by atoms with Crippen molar-refractivity contribution in [2.75, 3.05) is 21.7 Å². The Labute approximate surface area is 186 Å². The van der Waals surface area contributed by atoms with Crippen LogP contribution in [0.4, 0.5) is 21.8 Å². The SMILES string of the molecule is CC(C)N1C(=O)[C@H]2CCCN2c2nc(NCc3cnn(Cc4ccc(F)cc4)c3)ncc21. The van der Waals surface area contributed by atoms with E-state index in [1.54, 1.807) is 24.5 Å². The molecule has 1 amide bonds. The van der Waals surface area contributed by atoms with E-state index in [2.05, 4.69) is 20.3 Å². The van der Waals surface area contributed by atoms with Crippen LogP contribution >= 0.6 is 0 Å². The van der Waals surface area contributed by atoms with Crippen LogP contribution < -0.4 is 15.1 Å². The maximum atomic E-state index is 13.1. The van der Waals surface area contributed by atoms with Gasteiger partial charge in [-0.2, -0.15) is 10.1 Å². The second-order valence-corrected chi connectivity index (χ2v) is 8.58. The van der Waals surface area contributed by atoms with E-state index in [9.17, 15) is 9.18 Å². The lowest BCUT2D eigenvalue weighted by Gasteiger charge is -2.40. The van der Waals surface area contributed by atoms with E-state index < -0.39 is 0 Å². The number of carbonyl (C=O) groups excluding carboxylic acids is 1. The van der Waals surface area contributed by atoms with E-state index in [1.807, 2.05) is 29.6 Å². The summed E-state index contributed by atoms with van der Waals surface area (Å²) < 4.78 is 14.9. The molecule has 2 aliphatic rings. The predicted octanol–water partition coefficient (Wildman–Crippen LogP) is 3.20. The summed E-state index contributed by atoms with van der Waals surface area (Å²) in [6.45, 7) is 5.97. The Balaban J connectivity index is 1.30. The van der Waals surface area contributed by atoms with Gasteiger partial charge in [-0.25, -0.2) is 9.37 Å². The maximum Gasteiger partial charge on any atom is 0.250 e. The summed E-state index contributed by atoms with van der Waals surface area (Å²) in [4.78, 5) is 26.1. The van der Waals surface area contributed by atoms with Gasteiger partial charge in [0.2, 0.25) is 11.9 Å². The van der Waals surface area contributed by atoms with Crippen LogP contribution in [-0.4, -0.2) is 44.3 Å². The monoisotopic (exact) mass is 435 g/mol. The van der Waals surface area contributed by atoms with Gasteiger partial charge < -0.3 is 15.1 Å². The standard InChI is InChI=1S/C23H26FN7O/c1-15(2)31-20-12-26-23(28-21(20)30-9-3-4-19(30)22(31)32)25-10-17-11-27-29(14-17)13-16-5-7-18(24)8-6-16/h5-8,11-12,14-15,19H,3-4,9-10,13H2,1-2H3,(H,25,26,28)/t19-/m1/s1. The van der Waals surface area contributed by atoms with Crippen molar-refractivity contribution in [2.24, 2.45) is 0 Å². The van der Waals surface area contributed by atoms with Gasteiger partial charge in [0.1, 0.15) is 17.5 Å². The Hall–Kier alpha value is -3.49. The second-order valence-electron chi connectivity index (χ2n) is 8.58. The molecule has 8 nitrogen and oxygen atoms in total. The third kappa shape index (κ3) is 3.79. The van der Waals surface area contributed by atoms with Gasteiger partial charge in [0.05, 0.1) is 18.9 Å². The van der Waals surface area contributed by atoms with Crippen molar-refractivity contribution < 1.29 is 9.18 Å². The molecule has 2 aliphatic heterocycles. The van der Waals surface area contributed by atoms with Crippen molar-refractivity contribution in [2.45, 2.75) is 51.9 Å². The van der Waals surface area contributed by atoms with Gasteiger partial charge in [-0.1, -0.05) is 12.1 Å². The molecule has 166 valence electrons. The highest BCUT2D eigenvalue weighted by molar-refractivity contribution is 6.05. The minimum atomic E-state index is -0.245. The Morgan fingerprint density at radius 1 is 1.19 bits per heavy atom. The molecular weight excluding hydrogens is 409 g/mol. The highest BCUT2D eigenvalue weighted by atomic mass is 19.1. The highest BCUT2D eigenvalue weighted by Crippen LogP contribution is 2.39. The number of hydrogen-bond acceptors (Lipinski definition) is 6. The number of anilines is 3. The van der Waals surface area contributed by atoms with Crippen LogP contribution in [0.2, 0.25) is 0 Å². The molecule has 1 N–H and O–H groups in total. The van der Waals surface area contributed by atoms with Crippen molar-refractivity contribution in [3.05, 3.63) is 59.8 Å². The molecule has 1 fully saturated rings. The molecule has 2 aromatic heterocycles. The Morgan fingerprint density at radius 3 is 2.78 bits per heavy atom. The van der Waals surface area contributed by atoms with Crippen LogP contribution in [0.15, 0.2) is 42.9 Å². The average Bonchev–Trinajstić information content (AvgIpc) is 3.44. The van der Waals surface area contributed by atoms with Gasteiger partial charge in [-0.3, -0.25) is 9.48 Å². The smallest absolute Gasteiger partial charge is 0.250 e. The summed E-state index contributed by atoms with van der Waals surface area (Å²) in [5.41, 5.74) is 2.75. The molecule has 1 aromatic carbocycles. The molecule has 0 aliphatic carbocycles. The van der Waals surface area contributed by atoms with E-state index in [1.165, 1.54) is 12.1 Å². The average molecular weight is 436 g/mol. The third-order valence-corrected chi connectivity index (χ3v) is 5.97. The van der Waals surface area contributed by atoms with E-state index >= 15 is 0 Å². The summed E-state index contributed by atoms with van der Waals surface area (Å²) in [5, 5.41) is 7.66. The van der Waals surface area contributed by atoms with Crippen LogP contribution in [-0.2, 0) is 17.9 Å². The number of aromatic nitrogens is 4. The van der Waals surface area contributed by atoms with Crippen molar-refractivity contribution >= 4 is 23.4 Å². The Bertz CT molecular complexity index is 1130. The van der Waals surface area contributed by atoms with Gasteiger partial charge in [-0.05, 0) is 44.4 Å². The summed E-state index contributed by atoms with van der Waals surface area (Å²) in [6, 6.07) is 6.34. The third-order valence-electron chi connectivity index (χ3n) is 5.97. The quantitative estimate of drug-likeness (QED) is 0.641. The van der Waals surface area contributed by atoms with Crippen LogP contribution in [0.1, 0.15) is 37.8 Å². The zero-order valence-corrected chi connectivity index (χ0v) is 18.2. The first-order valence-corrected chi connectivity index (χ1v) is 11.0. The molecule has 9 heteroatoms. The van der Waals surface area contributed by atoms with Crippen LogP contribution in [0.5, 0.6) is 0 Å². The van der Waals surface area contributed by atoms with E-state index in [0.29, 0.717) is 19.0 Å². The number of rotatable bonds is 6. The number of hydrogen-bond donors (Lipinski definition) is 1. The van der Waals surface area contributed by atoms with Crippen molar-refractivity contribution in [1.82, 2.24) is 19.7 Å². The number of halogens is 1. The van der Waals surface area contributed by atoms with Gasteiger partial charge in [0.25, 0.3) is 0 Å². The largest absolute Gasteiger partial charge is 0.350 e. The first-order valence-electron chi connectivity index (χ1n) is 11.0. The summed E-state index contributed by atoms with van der Waals surface area (Å²) in [6.07, 6.45) is 7.34. The van der Waals surface area contributed by atoms with E-state index in [4.69, 9.17) is 4.98 Å². The number of amides is 1. The fourth-order valence-corrected chi connectivity index (χ4v) is 4.46. The highest BCUT2D eigenvalue weighted by Gasteiger charge is 2.42. The molecule has 0 radical (unpaired) electrons. The van der Waals surface area contributed by atoms with Gasteiger partial charge in [0, 0.05) is 30.9 Å². The van der Waals surface area contributed by atoms with Gasteiger partial charge >= 0.3 is 0 Å². The second kappa shape index (κ2) is 8.22. The fourth-order valence-electron chi connectivity index (χ4n) is 4.46. The molecule has 1 atom stereocenters. The lowest BCUT2D eigenvalue weighted by Crippen LogP contribution is -2.53. The minimum Gasteiger partial charge on any atom is -0.350 e. The first kappa shape index (κ1) is 20.4. The molecule has 3 aromatic rings. The van der Waals surface area contributed by atoms with Gasteiger partial charge in [-0.15, -0.1) is 0 Å². The molecule has 0 spiro atoms. The normalized spacial score (nSPS) is 17.6. The summed E-state index contributed by atoms with van der Waals surface area (Å²) in [5.74, 6) is 1.25. The zero-order chi connectivity index (χ0) is 22.2. The molecule has 1 saturated heterocycles. The van der Waals surface area contributed by atoms with Crippen molar-refractivity contribution in [3.63, 3.8) is 0 Å². The van der Waals surface area contributed by atoms with Gasteiger partial charge in [0.15, 0.2) is 5.82 Å². The number of nitrogens with one attached hydrogen (secondary N) is 1. The Morgan fingerprint density at radius 2 is 2.00 bits per heavy atom. The van der Waals surface area contributed by atoms with Crippen LogP contribution in [0.3, 0.4) is 0 Å². The number of nitrogens with zero attached hydrogens (tertiary/aromatic N) is 6. The molecule has 5 rings (SSSR count). The molecular formula is C23H26FN7O. The topological polar surface area (TPSA) is 79.2 Å². The molecule has 0 saturated carbocycles. The van der Waals surface area contributed by atoms with Crippen LogP contribution in [0.25, 0.3) is 0 Å². The molecule has 0 bridgehead atoms. The number of carbonyl (C=O) groups is 1. The summed E-state index contributed by atoms with van der Waals surface area (Å²) in [7, 11) is 0. The van der Waals surface area contributed by atoms with Crippen LogP contribution in [0, 0.1) is 5.82 Å². The Kier molecular flexibility index (Phi) is 5.24. The molecule has 0 unspecified atom stereocenters. The van der Waals surface area contributed by atoms with Crippen molar-refractivity contribution in [1.29, 1.82) is 0 Å². The summed E-state index contributed by atoms with van der Waals surface area (Å²) >= 11 is 0. The minimum absolute atomic E-state index is 0.0540. The maximum absolute atomic E-state index is 13.1. The first-order chi connectivity index (χ1) is 15.5. The zero-order valence-electron chi connectivity index (χ0n) is 18.2. The fraction of sp³-hybridized carbons (Fsp3) is 0.391. The van der Waals surface area contributed by atoms with E-state index in [-0.39, 0.29) is 23.8 Å². The molecule has 32 heavy (non-hydrogen) atoms. The molecule has 4 heterocycles. The number of fused-ring (bicyclic) bond motifs is 3. The number of benzene rings is 1. The lowest BCUT2D eigenvalue weighted by atomic mass is 10.1. The van der Waals surface area contributed by atoms with E-state index in [0.717, 1.165) is 42.0 Å². The van der Waals surface area contributed by atoms with Crippen molar-refractivity contribution in [3.8, 4) is 0 Å². The predicted molar refractivity (Wildman–Crippen MR) is 120 cm³/mol.